The fourth-order valence-electron chi connectivity index (χ4n) is 2.77. The second-order valence-electron chi connectivity index (χ2n) is 5.67. The van der Waals surface area contributed by atoms with E-state index in [0.717, 1.165) is 13.0 Å². The number of aliphatic hydroxyl groups excluding tert-OH is 2. The van der Waals surface area contributed by atoms with E-state index in [1.54, 1.807) is 11.3 Å². The summed E-state index contributed by atoms with van der Waals surface area (Å²) in [7, 11) is 1.98. The van der Waals surface area contributed by atoms with Crippen molar-refractivity contribution in [3.63, 3.8) is 0 Å². The zero-order valence-corrected chi connectivity index (χ0v) is 13.1. The highest BCUT2D eigenvalue weighted by molar-refractivity contribution is 7.08. The lowest BCUT2D eigenvalue weighted by Gasteiger charge is -2.33. The summed E-state index contributed by atoms with van der Waals surface area (Å²) >= 11 is 1.78. The maximum atomic E-state index is 9.19. The summed E-state index contributed by atoms with van der Waals surface area (Å²) in [5, 5.41) is 22.4. The Morgan fingerprint density at radius 3 is 2.60 bits per heavy atom. The molecule has 20 heavy (non-hydrogen) atoms. The minimum Gasteiger partial charge on any atom is -0.395 e. The van der Waals surface area contributed by atoms with Gasteiger partial charge >= 0.3 is 0 Å². The van der Waals surface area contributed by atoms with Crippen LogP contribution in [0.15, 0.2) is 16.8 Å². The van der Waals surface area contributed by atoms with E-state index in [0.29, 0.717) is 6.42 Å². The molecule has 0 spiro atoms. The Morgan fingerprint density at radius 2 is 2.05 bits per heavy atom. The van der Waals surface area contributed by atoms with E-state index >= 15 is 0 Å². The van der Waals surface area contributed by atoms with E-state index in [1.165, 1.54) is 31.6 Å². The predicted octanol–water partition coefficient (Wildman–Crippen LogP) is 1.78. The molecule has 2 fully saturated rings. The largest absolute Gasteiger partial charge is 0.395 e. The van der Waals surface area contributed by atoms with Crippen molar-refractivity contribution in [2.45, 2.75) is 37.8 Å². The van der Waals surface area contributed by atoms with Crippen LogP contribution in [-0.2, 0) is 0 Å². The van der Waals surface area contributed by atoms with E-state index in [-0.39, 0.29) is 18.8 Å². The van der Waals surface area contributed by atoms with Crippen molar-refractivity contribution in [2.75, 3.05) is 38.2 Å². The summed E-state index contributed by atoms with van der Waals surface area (Å²) in [5.41, 5.74) is 1.42. The first-order valence-electron chi connectivity index (χ1n) is 7.47. The zero-order chi connectivity index (χ0) is 14.4. The van der Waals surface area contributed by atoms with Crippen molar-refractivity contribution >= 4 is 17.0 Å². The van der Waals surface area contributed by atoms with E-state index in [4.69, 9.17) is 5.11 Å². The molecule has 0 aromatic carbocycles. The number of rotatable bonds is 2. The van der Waals surface area contributed by atoms with Gasteiger partial charge in [0.15, 0.2) is 0 Å². The van der Waals surface area contributed by atoms with Crippen LogP contribution in [0.4, 0.5) is 5.69 Å². The molecular formula is C15H26N2O2S. The van der Waals surface area contributed by atoms with Gasteiger partial charge in [-0.1, -0.05) is 0 Å². The van der Waals surface area contributed by atoms with Crippen LogP contribution in [0, 0.1) is 0 Å². The minimum absolute atomic E-state index is 0.160. The molecule has 0 bridgehead atoms. The van der Waals surface area contributed by atoms with E-state index < -0.39 is 0 Å². The standard InChI is InChI=1S/C8H11NS.C7H15NO2/c1-2-5-9(4-1)8-3-6-10-7-8;1-8-3-2-7(10)4-6(8)5-9/h3,6-7H,1-2,4-5H2;6-7,9-10H,2-5H2,1H3. The third-order valence-electron chi connectivity index (χ3n) is 4.17. The molecule has 4 nitrogen and oxygen atoms in total. The van der Waals surface area contributed by atoms with Gasteiger partial charge in [0, 0.05) is 36.7 Å². The summed E-state index contributed by atoms with van der Waals surface area (Å²) in [4.78, 5) is 4.54. The van der Waals surface area contributed by atoms with Crippen molar-refractivity contribution in [1.82, 2.24) is 4.90 Å². The first-order valence-corrected chi connectivity index (χ1v) is 8.41. The monoisotopic (exact) mass is 298 g/mol. The van der Waals surface area contributed by atoms with Crippen LogP contribution in [0.1, 0.15) is 25.7 Å². The average Bonchev–Trinajstić information content (AvgIpc) is 3.14. The van der Waals surface area contributed by atoms with Crippen LogP contribution < -0.4 is 4.90 Å². The molecule has 1 aromatic heterocycles. The molecule has 3 heterocycles. The number of hydrogen-bond acceptors (Lipinski definition) is 5. The number of piperidine rings is 1. The van der Waals surface area contributed by atoms with Crippen LogP contribution in [0.3, 0.4) is 0 Å². The molecular weight excluding hydrogens is 272 g/mol. The number of anilines is 1. The SMILES string of the molecule is CN1CCC(O)CC1CO.c1cc(N2CCCC2)cs1. The van der Waals surface area contributed by atoms with Crippen molar-refractivity contribution in [3.8, 4) is 0 Å². The molecule has 0 saturated carbocycles. The summed E-state index contributed by atoms with van der Waals surface area (Å²) in [6.45, 7) is 3.58. The maximum absolute atomic E-state index is 9.19. The van der Waals surface area contributed by atoms with E-state index in [9.17, 15) is 5.11 Å². The Labute approximate surface area is 125 Å². The molecule has 2 saturated heterocycles. The number of likely N-dealkylation sites (tertiary alicyclic amines) is 1. The maximum Gasteiger partial charge on any atom is 0.0587 e. The van der Waals surface area contributed by atoms with Crippen LogP contribution >= 0.6 is 11.3 Å². The summed E-state index contributed by atoms with van der Waals surface area (Å²) in [6, 6.07) is 2.37. The van der Waals surface area contributed by atoms with Gasteiger partial charge in [-0.2, -0.15) is 11.3 Å². The number of thiophene rings is 1. The fraction of sp³-hybridized carbons (Fsp3) is 0.733. The van der Waals surface area contributed by atoms with Gasteiger partial charge in [0.1, 0.15) is 0 Å². The first kappa shape index (κ1) is 15.8. The van der Waals surface area contributed by atoms with E-state index in [1.807, 2.05) is 7.05 Å². The average molecular weight is 298 g/mol. The Balaban J connectivity index is 0.000000147. The molecule has 0 radical (unpaired) electrons. The molecule has 2 atom stereocenters. The zero-order valence-electron chi connectivity index (χ0n) is 12.2. The first-order chi connectivity index (χ1) is 9.70. The number of hydrogen-bond donors (Lipinski definition) is 2. The van der Waals surface area contributed by atoms with Crippen LogP contribution in [0.25, 0.3) is 0 Å². The lowest BCUT2D eigenvalue weighted by atomic mass is 10.0. The van der Waals surface area contributed by atoms with Crippen molar-refractivity contribution in [3.05, 3.63) is 16.8 Å². The van der Waals surface area contributed by atoms with Gasteiger partial charge in [0.25, 0.3) is 0 Å². The van der Waals surface area contributed by atoms with Gasteiger partial charge in [-0.05, 0) is 44.2 Å². The summed E-state index contributed by atoms with van der Waals surface area (Å²) in [5.74, 6) is 0. The molecule has 1 aromatic rings. The van der Waals surface area contributed by atoms with E-state index in [2.05, 4.69) is 26.6 Å². The highest BCUT2D eigenvalue weighted by atomic mass is 32.1. The topological polar surface area (TPSA) is 46.9 Å². The summed E-state index contributed by atoms with van der Waals surface area (Å²) in [6.07, 6.45) is 4.10. The Bertz CT molecular complexity index is 366. The quantitative estimate of drug-likeness (QED) is 0.874. The third kappa shape index (κ3) is 4.45. The molecule has 5 heteroatoms. The molecule has 2 aliphatic heterocycles. The second-order valence-corrected chi connectivity index (χ2v) is 6.45. The second kappa shape index (κ2) is 7.98. The third-order valence-corrected chi connectivity index (χ3v) is 4.84. The van der Waals surface area contributed by atoms with Gasteiger partial charge in [-0.15, -0.1) is 0 Å². The lowest BCUT2D eigenvalue weighted by molar-refractivity contribution is 0.0307. The lowest BCUT2D eigenvalue weighted by Crippen LogP contribution is -2.43. The fourth-order valence-corrected chi connectivity index (χ4v) is 3.44. The predicted molar refractivity (Wildman–Crippen MR) is 84.5 cm³/mol. The van der Waals surface area contributed by atoms with Crippen LogP contribution in [-0.4, -0.2) is 60.5 Å². The molecule has 2 N–H and O–H groups in total. The van der Waals surface area contributed by atoms with Crippen molar-refractivity contribution < 1.29 is 10.2 Å². The Hall–Kier alpha value is -0.620. The normalized spacial score (nSPS) is 27.2. The van der Waals surface area contributed by atoms with Crippen molar-refractivity contribution in [2.24, 2.45) is 0 Å². The Morgan fingerprint density at radius 1 is 1.30 bits per heavy atom. The van der Waals surface area contributed by atoms with Crippen LogP contribution in [0.5, 0.6) is 0 Å². The highest BCUT2D eigenvalue weighted by Gasteiger charge is 2.23. The molecule has 0 amide bonds. The Kier molecular flexibility index (Phi) is 6.29. The molecule has 2 aliphatic rings. The highest BCUT2D eigenvalue weighted by Crippen LogP contribution is 2.22. The van der Waals surface area contributed by atoms with Crippen molar-refractivity contribution in [1.29, 1.82) is 0 Å². The number of likely N-dealkylation sites (N-methyl/N-ethyl adjacent to an activating group) is 1. The summed E-state index contributed by atoms with van der Waals surface area (Å²) < 4.78 is 0. The van der Waals surface area contributed by atoms with Gasteiger partial charge in [0.2, 0.25) is 0 Å². The molecule has 0 aliphatic carbocycles. The molecule has 114 valence electrons. The van der Waals surface area contributed by atoms with Gasteiger partial charge in [-0.25, -0.2) is 0 Å². The van der Waals surface area contributed by atoms with Gasteiger partial charge in [-0.3, -0.25) is 0 Å². The smallest absolute Gasteiger partial charge is 0.0587 e. The minimum atomic E-state index is -0.201. The van der Waals surface area contributed by atoms with Crippen LogP contribution in [0.2, 0.25) is 0 Å². The molecule has 3 rings (SSSR count). The van der Waals surface area contributed by atoms with Gasteiger partial charge in [0.05, 0.1) is 12.7 Å². The number of nitrogens with zero attached hydrogens (tertiary/aromatic N) is 2. The van der Waals surface area contributed by atoms with Gasteiger partial charge < -0.3 is 20.0 Å². The molecule has 2 unspecified atom stereocenters. The number of aliphatic hydroxyl groups is 2.